The van der Waals surface area contributed by atoms with E-state index < -0.39 is 0 Å². The van der Waals surface area contributed by atoms with Gasteiger partial charge in [-0.3, -0.25) is 0 Å². The summed E-state index contributed by atoms with van der Waals surface area (Å²) in [5.41, 5.74) is 7.64. The molecule has 0 radical (unpaired) electrons. The largest absolute Gasteiger partial charge is 0.370 e. The van der Waals surface area contributed by atoms with Crippen LogP contribution in [-0.2, 0) is 6.54 Å². The van der Waals surface area contributed by atoms with E-state index in [1.165, 1.54) is 0 Å². The van der Waals surface area contributed by atoms with Crippen LogP contribution in [0.15, 0.2) is 29.3 Å². The van der Waals surface area contributed by atoms with Crippen LogP contribution in [0.4, 0.5) is 10.5 Å². The lowest BCUT2D eigenvalue weighted by atomic mass is 10.2. The number of amides is 2. The van der Waals surface area contributed by atoms with Gasteiger partial charge in [0.2, 0.25) is 0 Å². The van der Waals surface area contributed by atoms with Gasteiger partial charge in [0.15, 0.2) is 5.96 Å². The summed E-state index contributed by atoms with van der Waals surface area (Å²) in [5.74, 6) is 0.970. The Hall–Kier alpha value is -2.24. The van der Waals surface area contributed by atoms with Crippen LogP contribution in [0.3, 0.4) is 0 Å². The van der Waals surface area contributed by atoms with Crippen molar-refractivity contribution in [3.63, 3.8) is 0 Å². The molecule has 0 bridgehead atoms. The van der Waals surface area contributed by atoms with E-state index in [2.05, 4.69) is 29.5 Å². The van der Waals surface area contributed by atoms with Crippen molar-refractivity contribution in [1.82, 2.24) is 10.2 Å². The van der Waals surface area contributed by atoms with Crippen molar-refractivity contribution < 1.29 is 4.79 Å². The molecule has 1 aromatic rings. The van der Waals surface area contributed by atoms with Crippen LogP contribution in [0, 0.1) is 5.92 Å². The summed E-state index contributed by atoms with van der Waals surface area (Å²) < 4.78 is 0. The van der Waals surface area contributed by atoms with Gasteiger partial charge in [0, 0.05) is 25.3 Å². The van der Waals surface area contributed by atoms with Crippen LogP contribution < -0.4 is 16.4 Å². The molecule has 2 amide bonds. The number of likely N-dealkylation sites (tertiary alicyclic amines) is 1. The molecule has 2 rings (SSSR count). The number of nitrogens with two attached hydrogens (primary N) is 1. The van der Waals surface area contributed by atoms with E-state index in [1.54, 1.807) is 0 Å². The average molecular weight is 317 g/mol. The van der Waals surface area contributed by atoms with Crippen LogP contribution in [-0.4, -0.2) is 36.5 Å². The highest BCUT2D eigenvalue weighted by atomic mass is 16.2. The van der Waals surface area contributed by atoms with Gasteiger partial charge < -0.3 is 21.3 Å². The van der Waals surface area contributed by atoms with Crippen molar-refractivity contribution in [1.29, 1.82) is 0 Å². The molecule has 4 N–H and O–H groups in total. The maximum Gasteiger partial charge on any atom is 0.321 e. The number of guanidine groups is 1. The van der Waals surface area contributed by atoms with Gasteiger partial charge in [-0.05, 0) is 36.5 Å². The second kappa shape index (κ2) is 8.41. The van der Waals surface area contributed by atoms with Crippen molar-refractivity contribution in [2.45, 2.75) is 33.2 Å². The molecule has 0 spiro atoms. The molecule has 0 saturated carbocycles. The first-order valence-corrected chi connectivity index (χ1v) is 8.23. The van der Waals surface area contributed by atoms with E-state index in [4.69, 9.17) is 5.73 Å². The Bertz CT molecular complexity index is 550. The molecule has 1 fully saturated rings. The minimum Gasteiger partial charge on any atom is -0.370 e. The number of hydrogen-bond acceptors (Lipinski definition) is 2. The Kier molecular flexibility index (Phi) is 6.26. The highest BCUT2D eigenvalue weighted by Crippen LogP contribution is 2.14. The molecule has 1 aliphatic heterocycles. The second-order valence-electron chi connectivity index (χ2n) is 6.30. The number of carbonyl (C=O) groups is 1. The molecule has 0 atom stereocenters. The van der Waals surface area contributed by atoms with E-state index in [-0.39, 0.29) is 6.03 Å². The first kappa shape index (κ1) is 17.1. The monoisotopic (exact) mass is 317 g/mol. The van der Waals surface area contributed by atoms with Gasteiger partial charge in [0.25, 0.3) is 0 Å². The predicted octanol–water partition coefficient (Wildman–Crippen LogP) is 2.37. The minimum atomic E-state index is -0.0266. The molecule has 23 heavy (non-hydrogen) atoms. The number of hydrogen-bond donors (Lipinski definition) is 3. The summed E-state index contributed by atoms with van der Waals surface area (Å²) in [6, 6.07) is 7.70. The Labute approximate surface area is 138 Å². The molecule has 0 aromatic heterocycles. The zero-order chi connectivity index (χ0) is 16.7. The normalized spacial score (nSPS) is 15.1. The van der Waals surface area contributed by atoms with Gasteiger partial charge in [-0.1, -0.05) is 26.0 Å². The fraction of sp³-hybridized carbons (Fsp3) is 0.529. The van der Waals surface area contributed by atoms with Crippen molar-refractivity contribution in [3.8, 4) is 0 Å². The number of anilines is 1. The summed E-state index contributed by atoms with van der Waals surface area (Å²) in [4.78, 5) is 18.3. The maximum absolute atomic E-state index is 12.1. The zero-order valence-corrected chi connectivity index (χ0v) is 14.0. The maximum atomic E-state index is 12.1. The quantitative estimate of drug-likeness (QED) is 0.576. The molecule has 0 aliphatic carbocycles. The van der Waals surface area contributed by atoms with E-state index in [0.717, 1.165) is 43.7 Å². The van der Waals surface area contributed by atoms with Crippen molar-refractivity contribution >= 4 is 17.7 Å². The van der Waals surface area contributed by atoms with Crippen LogP contribution >= 0.6 is 0 Å². The summed E-state index contributed by atoms with van der Waals surface area (Å²) in [7, 11) is 0. The zero-order valence-electron chi connectivity index (χ0n) is 14.0. The van der Waals surface area contributed by atoms with Gasteiger partial charge in [-0.15, -0.1) is 0 Å². The SMILES string of the molecule is CC(C)CNC(N)=NCc1cccc(NC(=O)N2CCCC2)c1. The molecule has 1 saturated heterocycles. The Morgan fingerprint density at radius 2 is 2.09 bits per heavy atom. The third kappa shape index (κ3) is 5.81. The smallest absolute Gasteiger partial charge is 0.321 e. The molecule has 126 valence electrons. The molecular formula is C17H27N5O. The fourth-order valence-electron chi connectivity index (χ4n) is 2.41. The van der Waals surface area contributed by atoms with Gasteiger partial charge in [-0.2, -0.15) is 0 Å². The highest BCUT2D eigenvalue weighted by molar-refractivity contribution is 5.89. The fourth-order valence-corrected chi connectivity index (χ4v) is 2.41. The lowest BCUT2D eigenvalue weighted by Gasteiger charge is -2.16. The van der Waals surface area contributed by atoms with Crippen LogP contribution in [0.2, 0.25) is 0 Å². The lowest BCUT2D eigenvalue weighted by molar-refractivity contribution is 0.222. The third-order valence-electron chi connectivity index (χ3n) is 3.69. The van der Waals surface area contributed by atoms with Crippen LogP contribution in [0.25, 0.3) is 0 Å². The standard InChI is InChI=1S/C17H27N5O/c1-13(2)11-19-16(18)20-12-14-6-5-7-15(10-14)21-17(23)22-8-3-4-9-22/h5-7,10,13H,3-4,8-9,11-12H2,1-2H3,(H,21,23)(H3,18,19,20). The van der Waals surface area contributed by atoms with E-state index >= 15 is 0 Å². The van der Waals surface area contributed by atoms with Crippen LogP contribution in [0.1, 0.15) is 32.3 Å². The van der Waals surface area contributed by atoms with Gasteiger partial charge in [-0.25, -0.2) is 9.79 Å². The number of carbonyl (C=O) groups excluding carboxylic acids is 1. The van der Waals surface area contributed by atoms with Crippen molar-refractivity contribution in [3.05, 3.63) is 29.8 Å². The van der Waals surface area contributed by atoms with E-state index in [0.29, 0.717) is 18.4 Å². The number of rotatable bonds is 5. The summed E-state index contributed by atoms with van der Waals surface area (Å²) in [6.45, 7) is 7.22. The molecule has 1 heterocycles. The van der Waals surface area contributed by atoms with Gasteiger partial charge >= 0.3 is 6.03 Å². The topological polar surface area (TPSA) is 82.7 Å². The average Bonchev–Trinajstić information content (AvgIpc) is 3.06. The van der Waals surface area contributed by atoms with Gasteiger partial charge in [0.1, 0.15) is 0 Å². The van der Waals surface area contributed by atoms with Crippen LogP contribution in [0.5, 0.6) is 0 Å². The molecule has 6 heteroatoms. The van der Waals surface area contributed by atoms with Crippen molar-refractivity contribution in [2.75, 3.05) is 25.0 Å². The number of urea groups is 1. The molecule has 0 unspecified atom stereocenters. The molecule has 1 aromatic carbocycles. The van der Waals surface area contributed by atoms with Gasteiger partial charge in [0.05, 0.1) is 6.54 Å². The lowest BCUT2D eigenvalue weighted by Crippen LogP contribution is -2.34. The highest BCUT2D eigenvalue weighted by Gasteiger charge is 2.17. The van der Waals surface area contributed by atoms with E-state index in [1.807, 2.05) is 29.2 Å². The number of nitrogens with zero attached hydrogens (tertiary/aromatic N) is 2. The third-order valence-corrected chi connectivity index (χ3v) is 3.69. The number of benzene rings is 1. The molecular weight excluding hydrogens is 290 g/mol. The first-order valence-electron chi connectivity index (χ1n) is 8.23. The Morgan fingerprint density at radius 1 is 1.35 bits per heavy atom. The minimum absolute atomic E-state index is 0.0266. The first-order chi connectivity index (χ1) is 11.0. The second-order valence-corrected chi connectivity index (χ2v) is 6.30. The molecule has 1 aliphatic rings. The molecule has 6 nitrogen and oxygen atoms in total. The Balaban J connectivity index is 1.88. The number of nitrogens with one attached hydrogen (secondary N) is 2. The summed E-state index contributed by atoms with van der Waals surface area (Å²) >= 11 is 0. The Morgan fingerprint density at radius 3 is 2.78 bits per heavy atom. The number of aliphatic imine (C=N–C) groups is 1. The summed E-state index contributed by atoms with van der Waals surface area (Å²) in [5, 5.41) is 6.03. The predicted molar refractivity (Wildman–Crippen MR) is 94.4 cm³/mol. The van der Waals surface area contributed by atoms with E-state index in [9.17, 15) is 4.79 Å². The van der Waals surface area contributed by atoms with Crippen molar-refractivity contribution in [2.24, 2.45) is 16.6 Å². The summed E-state index contributed by atoms with van der Waals surface area (Å²) in [6.07, 6.45) is 2.18.